The summed E-state index contributed by atoms with van der Waals surface area (Å²) in [6.45, 7) is -0.534. The van der Waals surface area contributed by atoms with Gasteiger partial charge in [0.15, 0.2) is 5.75 Å². The summed E-state index contributed by atoms with van der Waals surface area (Å²) in [6.07, 6.45) is 0. The van der Waals surface area contributed by atoms with Gasteiger partial charge in [-0.25, -0.2) is 0 Å². The molecule has 7 nitrogen and oxygen atoms in total. The second-order valence-corrected chi connectivity index (χ2v) is 9.79. The smallest absolute Gasteiger partial charge is 0.323 e. The Morgan fingerprint density at radius 2 is 1.53 bits per heavy atom. The Kier molecular flexibility index (Phi) is 8.70. The van der Waals surface area contributed by atoms with Crippen LogP contribution in [-0.4, -0.2) is 37.7 Å². The van der Waals surface area contributed by atoms with E-state index in [9.17, 15) is 14.7 Å². The normalized spacial score (nSPS) is 10.5. The molecule has 194 valence electrons. The number of carboxylic acids is 1. The molecule has 0 aliphatic carbocycles. The molecule has 0 saturated heterocycles. The zero-order valence-electron chi connectivity index (χ0n) is 20.5. The van der Waals surface area contributed by atoms with Crippen LogP contribution in [0.3, 0.4) is 0 Å². The highest BCUT2D eigenvalue weighted by atomic mass is 79.9. The van der Waals surface area contributed by atoms with Crippen LogP contribution in [-0.2, 0) is 4.79 Å². The molecule has 0 heterocycles. The summed E-state index contributed by atoms with van der Waals surface area (Å²) in [5, 5.41) is 9.52. The summed E-state index contributed by atoms with van der Waals surface area (Å²) in [7, 11) is 3.11. The van der Waals surface area contributed by atoms with Crippen molar-refractivity contribution in [1.82, 2.24) is 0 Å². The molecule has 0 saturated carbocycles. The van der Waals surface area contributed by atoms with Crippen LogP contribution in [0, 0.1) is 0 Å². The van der Waals surface area contributed by atoms with E-state index in [1.807, 2.05) is 42.5 Å². The van der Waals surface area contributed by atoms with Gasteiger partial charge in [-0.15, -0.1) is 0 Å². The van der Waals surface area contributed by atoms with Crippen LogP contribution in [0.1, 0.15) is 10.4 Å². The summed E-state index contributed by atoms with van der Waals surface area (Å²) >= 11 is 7.05. The van der Waals surface area contributed by atoms with E-state index in [1.54, 1.807) is 49.6 Å². The Labute approximate surface area is 236 Å². The molecule has 0 bridgehead atoms. The molecule has 0 atom stereocenters. The number of hydrogen-bond acceptors (Lipinski definition) is 5. The molecule has 0 fully saturated rings. The maximum absolute atomic E-state index is 13.3. The predicted octanol–water partition coefficient (Wildman–Crippen LogP) is 7.42. The average Bonchev–Trinajstić information content (AvgIpc) is 2.93. The van der Waals surface area contributed by atoms with E-state index in [1.165, 1.54) is 12.0 Å². The number of benzene rings is 4. The number of nitrogens with zero attached hydrogens (tertiary/aromatic N) is 1. The van der Waals surface area contributed by atoms with Crippen LogP contribution in [0.15, 0.2) is 93.9 Å². The van der Waals surface area contributed by atoms with E-state index in [0.717, 1.165) is 11.1 Å². The maximum atomic E-state index is 13.3. The predicted molar refractivity (Wildman–Crippen MR) is 153 cm³/mol. The lowest BCUT2D eigenvalue weighted by atomic mass is 10.0. The van der Waals surface area contributed by atoms with Crippen molar-refractivity contribution in [3.05, 3.63) is 99.4 Å². The third kappa shape index (κ3) is 6.17. The van der Waals surface area contributed by atoms with Gasteiger partial charge in [-0.05, 0) is 86.0 Å². The Morgan fingerprint density at radius 1 is 0.816 bits per heavy atom. The molecule has 0 spiro atoms. The molecule has 0 aliphatic heterocycles. The monoisotopic (exact) mass is 639 g/mol. The summed E-state index contributed by atoms with van der Waals surface area (Å²) in [6, 6.07) is 25.1. The molecular formula is C29H23Br2NO6. The molecule has 4 rings (SSSR count). The minimum absolute atomic E-state index is 0.296. The topological polar surface area (TPSA) is 85.3 Å². The fraction of sp³-hybridized carbons (Fsp3) is 0.103. The number of hydrogen-bond donors (Lipinski definition) is 1. The van der Waals surface area contributed by atoms with Crippen molar-refractivity contribution in [3.63, 3.8) is 0 Å². The Morgan fingerprint density at radius 3 is 2.16 bits per heavy atom. The summed E-state index contributed by atoms with van der Waals surface area (Å²) in [5.41, 5.74) is 2.51. The molecule has 4 aromatic carbocycles. The fourth-order valence-corrected chi connectivity index (χ4v) is 5.16. The molecule has 0 aromatic heterocycles. The van der Waals surface area contributed by atoms with Crippen molar-refractivity contribution < 1.29 is 28.9 Å². The summed E-state index contributed by atoms with van der Waals surface area (Å²) < 4.78 is 18.0. The van der Waals surface area contributed by atoms with Crippen LogP contribution >= 0.6 is 31.9 Å². The number of carbonyl (C=O) groups excluding carboxylic acids is 1. The summed E-state index contributed by atoms with van der Waals surface area (Å²) in [5.74, 6) is 0.585. The van der Waals surface area contributed by atoms with E-state index in [2.05, 4.69) is 31.9 Å². The number of rotatable bonds is 9. The first-order valence-electron chi connectivity index (χ1n) is 11.4. The van der Waals surface area contributed by atoms with Crippen LogP contribution < -0.4 is 19.1 Å². The number of halogens is 2. The molecule has 9 heteroatoms. The fourth-order valence-electron chi connectivity index (χ4n) is 3.84. The largest absolute Gasteiger partial charge is 0.497 e. The lowest BCUT2D eigenvalue weighted by molar-refractivity contribution is -0.135. The van der Waals surface area contributed by atoms with Gasteiger partial charge in [-0.2, -0.15) is 0 Å². The number of carboxylic acid groups (broad SMARTS) is 1. The number of ether oxygens (including phenoxy) is 3. The Hall–Kier alpha value is -3.82. The van der Waals surface area contributed by atoms with Gasteiger partial charge in [0.1, 0.15) is 23.8 Å². The molecule has 1 N–H and O–H groups in total. The molecular weight excluding hydrogens is 618 g/mol. The maximum Gasteiger partial charge on any atom is 0.323 e. The SMILES string of the molecule is COc1cccc(C(=O)N(CC(=O)O)c2cc(Br)c(Oc3ccc(OC)c(-c4ccccc4)c3)c(Br)c2)c1. The number of methoxy groups -OCH3 is 2. The van der Waals surface area contributed by atoms with Gasteiger partial charge < -0.3 is 19.3 Å². The van der Waals surface area contributed by atoms with E-state index >= 15 is 0 Å². The minimum Gasteiger partial charge on any atom is -0.497 e. The first-order chi connectivity index (χ1) is 18.3. The van der Waals surface area contributed by atoms with Crippen LogP contribution in [0.25, 0.3) is 11.1 Å². The number of amides is 1. The van der Waals surface area contributed by atoms with Gasteiger partial charge in [-0.3, -0.25) is 14.5 Å². The standard InChI is InChI=1S/C29H23Br2NO6/c1-36-21-10-6-9-19(13-21)29(35)32(17-27(33)34)20-14-24(30)28(25(31)15-20)38-22-11-12-26(37-2)23(16-22)18-7-4-3-5-8-18/h3-16H,17H2,1-2H3,(H,33,34). The van der Waals surface area contributed by atoms with Crippen molar-refractivity contribution in [1.29, 1.82) is 0 Å². The van der Waals surface area contributed by atoms with Crippen molar-refractivity contribution in [2.45, 2.75) is 0 Å². The Bertz CT molecular complexity index is 1450. The van der Waals surface area contributed by atoms with Crippen molar-refractivity contribution in [2.75, 3.05) is 25.7 Å². The van der Waals surface area contributed by atoms with Crippen LogP contribution in [0.2, 0.25) is 0 Å². The molecule has 0 unspecified atom stereocenters. The molecule has 38 heavy (non-hydrogen) atoms. The summed E-state index contributed by atoms with van der Waals surface area (Å²) in [4.78, 5) is 26.1. The average molecular weight is 641 g/mol. The highest BCUT2D eigenvalue weighted by Crippen LogP contribution is 2.42. The van der Waals surface area contributed by atoms with Gasteiger partial charge >= 0.3 is 5.97 Å². The zero-order chi connectivity index (χ0) is 27.2. The number of carbonyl (C=O) groups is 2. The van der Waals surface area contributed by atoms with E-state index in [0.29, 0.717) is 43.2 Å². The van der Waals surface area contributed by atoms with Crippen molar-refractivity contribution in [3.8, 4) is 34.1 Å². The van der Waals surface area contributed by atoms with Crippen molar-refractivity contribution in [2.24, 2.45) is 0 Å². The van der Waals surface area contributed by atoms with Gasteiger partial charge in [0, 0.05) is 16.8 Å². The van der Waals surface area contributed by atoms with Gasteiger partial charge in [0.25, 0.3) is 5.91 Å². The third-order valence-corrected chi connectivity index (χ3v) is 6.80. The van der Waals surface area contributed by atoms with E-state index in [-0.39, 0.29) is 0 Å². The zero-order valence-corrected chi connectivity index (χ0v) is 23.7. The van der Waals surface area contributed by atoms with Gasteiger partial charge in [0.05, 0.1) is 23.2 Å². The third-order valence-electron chi connectivity index (χ3n) is 5.63. The van der Waals surface area contributed by atoms with E-state index < -0.39 is 18.4 Å². The molecule has 4 aromatic rings. The van der Waals surface area contributed by atoms with Crippen LogP contribution in [0.4, 0.5) is 5.69 Å². The molecule has 0 aliphatic rings. The second-order valence-electron chi connectivity index (χ2n) is 8.09. The quantitative estimate of drug-likeness (QED) is 0.205. The van der Waals surface area contributed by atoms with Gasteiger partial charge in [-0.1, -0.05) is 36.4 Å². The van der Waals surface area contributed by atoms with Crippen molar-refractivity contribution >= 4 is 49.4 Å². The van der Waals surface area contributed by atoms with Gasteiger partial charge in [0.2, 0.25) is 0 Å². The highest BCUT2D eigenvalue weighted by Gasteiger charge is 2.23. The Balaban J connectivity index is 1.68. The van der Waals surface area contributed by atoms with Crippen LogP contribution in [0.5, 0.6) is 23.0 Å². The number of anilines is 1. The molecule has 0 radical (unpaired) electrons. The molecule has 1 amide bonds. The first-order valence-corrected chi connectivity index (χ1v) is 13.0. The lowest BCUT2D eigenvalue weighted by Crippen LogP contribution is -2.35. The minimum atomic E-state index is -1.15. The lowest BCUT2D eigenvalue weighted by Gasteiger charge is -2.23. The highest BCUT2D eigenvalue weighted by molar-refractivity contribution is 9.11. The first kappa shape index (κ1) is 27.2. The number of aliphatic carboxylic acids is 1. The van der Waals surface area contributed by atoms with E-state index in [4.69, 9.17) is 14.2 Å². The second kappa shape index (κ2) is 12.1.